The largest absolute Gasteiger partial charge is 0.445 e. The molecule has 48 heavy (non-hydrogen) atoms. The highest BCUT2D eigenvalue weighted by Crippen LogP contribution is 2.36. The molecule has 4 aromatic heterocycles. The van der Waals surface area contributed by atoms with Crippen LogP contribution in [0.1, 0.15) is 48.5 Å². The number of ether oxygens (including phenoxy) is 1. The van der Waals surface area contributed by atoms with Crippen LogP contribution in [-0.4, -0.2) is 53.2 Å². The number of likely N-dealkylation sites (tertiary alicyclic amines) is 1. The summed E-state index contributed by atoms with van der Waals surface area (Å²) in [5.41, 5.74) is 5.95. The second kappa shape index (κ2) is 12.8. The number of pyridine rings is 2. The van der Waals surface area contributed by atoms with E-state index in [0.717, 1.165) is 44.4 Å². The van der Waals surface area contributed by atoms with Crippen molar-refractivity contribution in [3.63, 3.8) is 0 Å². The molecule has 12 heteroatoms. The number of fused-ring (bicyclic) bond motifs is 3. The summed E-state index contributed by atoms with van der Waals surface area (Å²) in [7, 11) is 3.67. The molecule has 2 aromatic carbocycles. The average Bonchev–Trinajstić information content (AvgIpc) is 3.74. The van der Waals surface area contributed by atoms with Crippen molar-refractivity contribution < 1.29 is 9.53 Å². The van der Waals surface area contributed by atoms with Crippen molar-refractivity contribution in [2.24, 2.45) is 14.1 Å². The molecule has 0 saturated carbocycles. The first kappa shape index (κ1) is 31.4. The second-order valence-electron chi connectivity index (χ2n) is 12.5. The van der Waals surface area contributed by atoms with Crippen LogP contribution >= 0.6 is 11.6 Å². The van der Waals surface area contributed by atoms with Crippen molar-refractivity contribution in [3.05, 3.63) is 105 Å². The molecule has 11 nitrogen and oxygen atoms in total. The van der Waals surface area contributed by atoms with Crippen LogP contribution in [0.25, 0.3) is 33.1 Å². The molecule has 1 aliphatic heterocycles. The van der Waals surface area contributed by atoms with Crippen LogP contribution in [0.3, 0.4) is 0 Å². The molecule has 246 valence electrons. The molecule has 0 bridgehead atoms. The van der Waals surface area contributed by atoms with E-state index < -0.39 is 0 Å². The Labute approximate surface area is 282 Å². The molecule has 0 spiro atoms. The summed E-state index contributed by atoms with van der Waals surface area (Å²) in [4.78, 5) is 33.1. The van der Waals surface area contributed by atoms with E-state index in [2.05, 4.69) is 28.4 Å². The summed E-state index contributed by atoms with van der Waals surface area (Å²) in [5, 5.41) is 15.6. The molecule has 1 aliphatic rings. The Bertz CT molecular complexity index is 2200. The van der Waals surface area contributed by atoms with E-state index in [1.165, 1.54) is 0 Å². The standard InChI is InChI=1S/C36H37ClN8O3/c1-22-16-27(23(2)40-30-10-11-31(37)41-33(30)25-18-38-42(3)20-25)32-28(17-22)35(46)43(4)34-29(32)19-39-45(34)26-12-14-44(15-13-26)36(47)48-21-24-8-6-5-7-9-24/h5-11,16-20,23,26,40H,12-15,21H2,1-4H3. The summed E-state index contributed by atoms with van der Waals surface area (Å²) in [6.45, 7) is 5.41. The molecular formula is C36H37ClN8O3. The Kier molecular flexibility index (Phi) is 8.38. The molecule has 1 saturated heterocycles. The van der Waals surface area contributed by atoms with Crippen molar-refractivity contribution in [1.29, 1.82) is 0 Å². The third kappa shape index (κ3) is 5.90. The first-order valence-corrected chi connectivity index (χ1v) is 16.4. The van der Waals surface area contributed by atoms with Gasteiger partial charge in [-0.3, -0.25) is 14.0 Å². The number of nitrogens with one attached hydrogen (secondary N) is 1. The van der Waals surface area contributed by atoms with Gasteiger partial charge < -0.3 is 15.0 Å². The lowest BCUT2D eigenvalue weighted by molar-refractivity contribution is 0.0824. The van der Waals surface area contributed by atoms with Crippen LogP contribution in [0.5, 0.6) is 0 Å². The maximum Gasteiger partial charge on any atom is 0.410 e. The van der Waals surface area contributed by atoms with Crippen molar-refractivity contribution >= 4 is 45.2 Å². The third-order valence-corrected chi connectivity index (χ3v) is 9.37. The average molecular weight is 665 g/mol. The van der Waals surface area contributed by atoms with Gasteiger partial charge in [0.1, 0.15) is 17.4 Å². The van der Waals surface area contributed by atoms with E-state index in [1.54, 1.807) is 26.4 Å². The number of rotatable bonds is 7. The van der Waals surface area contributed by atoms with Gasteiger partial charge in [0.2, 0.25) is 0 Å². The molecule has 7 rings (SSSR count). The highest BCUT2D eigenvalue weighted by Gasteiger charge is 2.28. The molecule has 0 radical (unpaired) electrons. The Morgan fingerprint density at radius 3 is 2.54 bits per heavy atom. The number of hydrogen-bond donors (Lipinski definition) is 1. The zero-order valence-corrected chi connectivity index (χ0v) is 28.1. The van der Waals surface area contributed by atoms with Crippen LogP contribution in [0.4, 0.5) is 10.5 Å². The van der Waals surface area contributed by atoms with Gasteiger partial charge in [-0.2, -0.15) is 10.2 Å². The van der Waals surface area contributed by atoms with Gasteiger partial charge in [-0.25, -0.2) is 14.5 Å². The van der Waals surface area contributed by atoms with Gasteiger partial charge in [-0.15, -0.1) is 0 Å². The van der Waals surface area contributed by atoms with E-state index >= 15 is 0 Å². The van der Waals surface area contributed by atoms with Gasteiger partial charge in [0.05, 0.1) is 29.8 Å². The van der Waals surface area contributed by atoms with E-state index in [4.69, 9.17) is 21.4 Å². The van der Waals surface area contributed by atoms with Crippen LogP contribution < -0.4 is 10.9 Å². The summed E-state index contributed by atoms with van der Waals surface area (Å²) >= 11 is 6.31. The first-order chi connectivity index (χ1) is 23.2. The van der Waals surface area contributed by atoms with Gasteiger partial charge in [-0.1, -0.05) is 48.0 Å². The zero-order chi connectivity index (χ0) is 33.5. The van der Waals surface area contributed by atoms with Gasteiger partial charge in [0.25, 0.3) is 5.56 Å². The number of halogens is 1. The minimum Gasteiger partial charge on any atom is -0.445 e. The lowest BCUT2D eigenvalue weighted by Gasteiger charge is -2.31. The lowest BCUT2D eigenvalue weighted by atomic mass is 9.95. The van der Waals surface area contributed by atoms with Gasteiger partial charge in [0.15, 0.2) is 0 Å². The predicted octanol–water partition coefficient (Wildman–Crippen LogP) is 6.79. The molecule has 1 amide bonds. The molecule has 0 aliphatic carbocycles. The molecule has 5 heterocycles. The third-order valence-electron chi connectivity index (χ3n) is 9.16. The van der Waals surface area contributed by atoms with Gasteiger partial charge >= 0.3 is 6.09 Å². The van der Waals surface area contributed by atoms with E-state index in [0.29, 0.717) is 42.2 Å². The van der Waals surface area contributed by atoms with Crippen LogP contribution in [-0.2, 0) is 25.4 Å². The number of anilines is 1. The van der Waals surface area contributed by atoms with Crippen molar-refractivity contribution in [3.8, 4) is 11.3 Å². The topological polar surface area (TPSA) is 112 Å². The summed E-state index contributed by atoms with van der Waals surface area (Å²) < 4.78 is 11.0. The number of hydrogen-bond acceptors (Lipinski definition) is 7. The first-order valence-electron chi connectivity index (χ1n) is 16.1. The number of carbonyl (C=O) groups excluding carboxylic acids is 1. The molecule has 1 N–H and O–H groups in total. The number of piperidine rings is 1. The van der Waals surface area contributed by atoms with Crippen molar-refractivity contribution in [2.45, 2.75) is 45.4 Å². The quantitative estimate of drug-likeness (QED) is 0.187. The van der Waals surface area contributed by atoms with E-state index in [-0.39, 0.29) is 30.3 Å². The number of carbonyl (C=O) groups is 1. The highest BCUT2D eigenvalue weighted by atomic mass is 35.5. The molecule has 1 unspecified atom stereocenters. The minimum absolute atomic E-state index is 0.0235. The Morgan fingerprint density at radius 2 is 1.81 bits per heavy atom. The number of amides is 1. The Balaban J connectivity index is 1.19. The fraction of sp³-hybridized carbons (Fsp3) is 0.306. The minimum atomic E-state index is -0.315. The van der Waals surface area contributed by atoms with E-state index in [9.17, 15) is 9.59 Å². The summed E-state index contributed by atoms with van der Waals surface area (Å²) in [5.74, 6) is 0. The van der Waals surface area contributed by atoms with E-state index in [1.807, 2.05) is 80.6 Å². The maximum atomic E-state index is 14.0. The van der Waals surface area contributed by atoms with Crippen molar-refractivity contribution in [1.82, 2.24) is 34.0 Å². The Morgan fingerprint density at radius 1 is 1.04 bits per heavy atom. The molecule has 6 aromatic rings. The normalized spacial score (nSPS) is 14.5. The number of benzene rings is 2. The van der Waals surface area contributed by atoms with Gasteiger partial charge in [0, 0.05) is 61.1 Å². The Hall–Kier alpha value is -5.16. The second-order valence-corrected chi connectivity index (χ2v) is 12.9. The number of aromatic nitrogens is 6. The predicted molar refractivity (Wildman–Crippen MR) is 187 cm³/mol. The van der Waals surface area contributed by atoms with Crippen LogP contribution in [0, 0.1) is 6.92 Å². The summed E-state index contributed by atoms with van der Waals surface area (Å²) in [6.07, 6.45) is 6.61. The van der Waals surface area contributed by atoms with Crippen LogP contribution in [0.15, 0.2) is 78.0 Å². The van der Waals surface area contributed by atoms with Crippen molar-refractivity contribution in [2.75, 3.05) is 18.4 Å². The molecule has 1 fully saturated rings. The monoisotopic (exact) mass is 664 g/mol. The maximum absolute atomic E-state index is 14.0. The summed E-state index contributed by atoms with van der Waals surface area (Å²) in [6, 6.07) is 17.3. The molecular weight excluding hydrogens is 628 g/mol. The number of nitrogens with zero attached hydrogens (tertiary/aromatic N) is 7. The lowest BCUT2D eigenvalue weighted by Crippen LogP contribution is -2.39. The number of aryl methyl sites for hydroxylation is 3. The SMILES string of the molecule is Cc1cc(C(C)Nc2ccc(Cl)nc2-c2cnn(C)c2)c2c(c1)c(=O)n(C)c1c2cnn1C1CCN(C(=O)OCc2ccccc2)CC1. The smallest absolute Gasteiger partial charge is 0.410 e. The fourth-order valence-electron chi connectivity index (χ4n) is 6.77. The molecule has 1 atom stereocenters. The van der Waals surface area contributed by atoms with Gasteiger partial charge in [-0.05, 0) is 61.6 Å². The van der Waals surface area contributed by atoms with Crippen LogP contribution in [0.2, 0.25) is 5.15 Å². The highest BCUT2D eigenvalue weighted by molar-refractivity contribution is 6.29. The zero-order valence-electron chi connectivity index (χ0n) is 27.4. The fourth-order valence-corrected chi connectivity index (χ4v) is 6.91.